The van der Waals surface area contributed by atoms with E-state index in [1.165, 1.54) is 6.07 Å². The van der Waals surface area contributed by atoms with Crippen LogP contribution in [0, 0.1) is 6.92 Å². The van der Waals surface area contributed by atoms with Gasteiger partial charge in [0.25, 0.3) is 0 Å². The number of nitrogens with zero attached hydrogens (tertiary/aromatic N) is 1. The van der Waals surface area contributed by atoms with Crippen LogP contribution in [0.5, 0.6) is 0 Å². The van der Waals surface area contributed by atoms with Gasteiger partial charge < -0.3 is 5.11 Å². The first-order valence-electron chi connectivity index (χ1n) is 4.57. The maximum absolute atomic E-state index is 13.5. The van der Waals surface area contributed by atoms with Crippen molar-refractivity contribution in [2.75, 3.05) is 0 Å². The number of aromatic nitrogens is 1. The van der Waals surface area contributed by atoms with Crippen LogP contribution in [0.4, 0.5) is 4.48 Å². The number of carboxylic acid groups (broad SMARTS) is 1. The number of hydrogen-bond acceptors (Lipinski definition) is 2. The lowest BCUT2D eigenvalue weighted by Gasteiger charge is -2.05. The summed E-state index contributed by atoms with van der Waals surface area (Å²) in [6.07, 6.45) is 0.687. The minimum atomic E-state index is -1.43. The Hall–Kier alpha value is -2.17. The van der Waals surface area contributed by atoms with Crippen LogP contribution in [-0.4, -0.2) is 15.9 Å². The summed E-state index contributed by atoms with van der Waals surface area (Å²) in [6.45, 7) is 1.63. The van der Waals surface area contributed by atoms with Gasteiger partial charge in [-0.25, -0.2) is 4.79 Å². The lowest BCUT2D eigenvalue weighted by molar-refractivity contribution is 0.0693. The monoisotopic (exact) mass is 221 g/mol. The van der Waals surface area contributed by atoms with Crippen molar-refractivity contribution in [3.05, 3.63) is 45.7 Å². The highest BCUT2D eigenvalue weighted by Gasteiger charge is 2.15. The highest BCUT2D eigenvalue weighted by atomic mass is 19.2. The van der Waals surface area contributed by atoms with E-state index in [0.717, 1.165) is 0 Å². The number of carboxylic acids is 1. The average Bonchev–Trinajstić information content (AvgIpc) is 2.22. The molecule has 0 amide bonds. The molecule has 4 nitrogen and oxygen atoms in total. The van der Waals surface area contributed by atoms with Gasteiger partial charge in [-0.1, -0.05) is 16.6 Å². The Morgan fingerprint density at radius 3 is 2.75 bits per heavy atom. The number of hydrogen-bond donors (Lipinski definition) is 1. The zero-order valence-electron chi connectivity index (χ0n) is 8.40. The molecule has 1 N–H and O–H groups in total. The molecule has 1 aromatic heterocycles. The maximum atomic E-state index is 13.5. The van der Waals surface area contributed by atoms with E-state index in [-0.39, 0.29) is 15.7 Å². The van der Waals surface area contributed by atoms with Gasteiger partial charge in [0, 0.05) is 0 Å². The largest absolute Gasteiger partial charge is 0.477 e. The summed E-state index contributed by atoms with van der Waals surface area (Å²) >= 11 is 0. The standard InChI is InChI=1S/C11H8FNO3/c1-6-3-2-4-8-9(6)10(14)7(11(15)16)5-13(8)12/h2-5H,1H3,(H,15,16). The molecule has 0 fully saturated rings. The smallest absolute Gasteiger partial charge is 0.341 e. The van der Waals surface area contributed by atoms with Crippen LogP contribution in [0.1, 0.15) is 15.9 Å². The lowest BCUT2D eigenvalue weighted by Crippen LogP contribution is -2.17. The Morgan fingerprint density at radius 1 is 1.44 bits per heavy atom. The van der Waals surface area contributed by atoms with Crippen LogP contribution in [0.3, 0.4) is 0 Å². The van der Waals surface area contributed by atoms with Gasteiger partial charge in [-0.2, -0.15) is 4.79 Å². The Labute approximate surface area is 89.5 Å². The highest BCUT2D eigenvalue weighted by molar-refractivity contribution is 5.93. The summed E-state index contributed by atoms with van der Waals surface area (Å²) in [5.41, 5.74) is -0.592. The first-order valence-corrected chi connectivity index (χ1v) is 4.57. The van der Waals surface area contributed by atoms with Crippen molar-refractivity contribution in [3.63, 3.8) is 0 Å². The summed E-state index contributed by atoms with van der Waals surface area (Å²) < 4.78 is 13.5. The molecule has 0 atom stereocenters. The van der Waals surface area contributed by atoms with Gasteiger partial charge in [0.05, 0.1) is 17.1 Å². The molecule has 1 aromatic carbocycles. The first-order chi connectivity index (χ1) is 7.52. The molecule has 0 saturated heterocycles. The van der Waals surface area contributed by atoms with Crippen molar-refractivity contribution >= 4 is 16.9 Å². The molecule has 0 spiro atoms. The fourth-order valence-corrected chi connectivity index (χ4v) is 1.65. The topological polar surface area (TPSA) is 59.3 Å². The van der Waals surface area contributed by atoms with E-state index in [1.807, 2.05) is 0 Å². The Balaban J connectivity index is 3.04. The van der Waals surface area contributed by atoms with Gasteiger partial charge >= 0.3 is 5.97 Å². The molecular weight excluding hydrogens is 213 g/mol. The zero-order chi connectivity index (χ0) is 11.9. The molecule has 1 heterocycles. The third-order valence-electron chi connectivity index (χ3n) is 2.43. The molecule has 2 rings (SSSR count). The van der Waals surface area contributed by atoms with E-state index >= 15 is 0 Å². The summed E-state index contributed by atoms with van der Waals surface area (Å²) in [7, 11) is 0. The molecule has 0 aliphatic rings. The highest BCUT2D eigenvalue weighted by Crippen LogP contribution is 2.15. The number of benzene rings is 1. The third kappa shape index (κ3) is 1.37. The summed E-state index contributed by atoms with van der Waals surface area (Å²) in [5.74, 6) is -1.43. The molecule has 0 aliphatic heterocycles. The maximum Gasteiger partial charge on any atom is 0.341 e. The normalized spacial score (nSPS) is 10.6. The van der Waals surface area contributed by atoms with Gasteiger partial charge in [-0.3, -0.25) is 4.79 Å². The SMILES string of the molecule is Cc1cccc2c1c(=O)c(C(=O)O)cn2F. The van der Waals surface area contributed by atoms with Crippen LogP contribution in [-0.2, 0) is 0 Å². The molecule has 2 aromatic rings. The van der Waals surface area contributed by atoms with Crippen molar-refractivity contribution in [2.24, 2.45) is 0 Å². The molecule has 0 saturated carbocycles. The third-order valence-corrected chi connectivity index (χ3v) is 2.43. The molecule has 16 heavy (non-hydrogen) atoms. The first kappa shape index (κ1) is 10.4. The average molecular weight is 221 g/mol. The predicted octanol–water partition coefficient (Wildman–Crippen LogP) is 1.74. The van der Waals surface area contributed by atoms with Crippen molar-refractivity contribution in [3.8, 4) is 0 Å². The molecule has 0 aliphatic carbocycles. The fourth-order valence-electron chi connectivity index (χ4n) is 1.65. The summed E-state index contributed by atoms with van der Waals surface area (Å²) in [6, 6.07) is 4.67. The second kappa shape index (κ2) is 3.44. The van der Waals surface area contributed by atoms with Gasteiger partial charge in [0.2, 0.25) is 5.43 Å². The number of pyridine rings is 1. The Bertz CT molecular complexity index is 645. The van der Waals surface area contributed by atoms with Crippen LogP contribution >= 0.6 is 0 Å². The minimum Gasteiger partial charge on any atom is -0.477 e. The number of carbonyl (C=O) groups is 1. The molecule has 5 heteroatoms. The Kier molecular flexibility index (Phi) is 2.23. The lowest BCUT2D eigenvalue weighted by atomic mass is 10.1. The van der Waals surface area contributed by atoms with Gasteiger partial charge in [0.15, 0.2) is 0 Å². The number of rotatable bonds is 1. The zero-order valence-corrected chi connectivity index (χ0v) is 8.40. The molecule has 0 radical (unpaired) electrons. The van der Waals surface area contributed by atoms with Gasteiger partial charge in [-0.15, -0.1) is 0 Å². The molecule has 0 unspecified atom stereocenters. The van der Waals surface area contributed by atoms with Crippen LogP contribution in [0.25, 0.3) is 10.9 Å². The predicted molar refractivity (Wildman–Crippen MR) is 56.4 cm³/mol. The van der Waals surface area contributed by atoms with Crippen LogP contribution in [0.15, 0.2) is 29.2 Å². The van der Waals surface area contributed by atoms with Crippen molar-refractivity contribution in [1.29, 1.82) is 0 Å². The number of aryl methyl sites for hydroxylation is 1. The van der Waals surface area contributed by atoms with E-state index < -0.39 is 17.0 Å². The van der Waals surface area contributed by atoms with E-state index in [2.05, 4.69) is 0 Å². The number of aromatic carboxylic acids is 1. The fraction of sp³-hybridized carbons (Fsp3) is 0.0909. The molecular formula is C11H8FNO3. The summed E-state index contributed by atoms with van der Waals surface area (Å²) in [4.78, 5) is 22.7. The van der Waals surface area contributed by atoms with E-state index in [0.29, 0.717) is 11.8 Å². The number of halogens is 1. The molecule has 0 bridgehead atoms. The van der Waals surface area contributed by atoms with E-state index in [4.69, 9.17) is 5.11 Å². The van der Waals surface area contributed by atoms with Gasteiger partial charge in [-0.05, 0) is 18.6 Å². The van der Waals surface area contributed by atoms with Crippen LogP contribution in [0.2, 0.25) is 0 Å². The van der Waals surface area contributed by atoms with Gasteiger partial charge in [0.1, 0.15) is 5.56 Å². The molecule has 82 valence electrons. The van der Waals surface area contributed by atoms with E-state index in [1.54, 1.807) is 19.1 Å². The quantitative estimate of drug-likeness (QED) is 0.797. The second-order valence-electron chi connectivity index (χ2n) is 3.46. The number of fused-ring (bicyclic) bond motifs is 1. The van der Waals surface area contributed by atoms with E-state index in [9.17, 15) is 14.1 Å². The van der Waals surface area contributed by atoms with Crippen LogP contribution < -0.4 is 5.43 Å². The minimum absolute atomic E-state index is 0.0787. The summed E-state index contributed by atoms with van der Waals surface area (Å²) in [5, 5.41) is 8.86. The Morgan fingerprint density at radius 2 is 2.12 bits per heavy atom. The van der Waals surface area contributed by atoms with Crippen molar-refractivity contribution in [1.82, 2.24) is 4.79 Å². The van der Waals surface area contributed by atoms with Crippen molar-refractivity contribution in [2.45, 2.75) is 6.92 Å². The van der Waals surface area contributed by atoms with Crippen molar-refractivity contribution < 1.29 is 14.4 Å². The second-order valence-corrected chi connectivity index (χ2v) is 3.46.